The van der Waals surface area contributed by atoms with Crippen LogP contribution in [0.1, 0.15) is 11.7 Å². The Balaban J connectivity index is 2.22. The zero-order valence-electron chi connectivity index (χ0n) is 9.50. The van der Waals surface area contributed by atoms with Gasteiger partial charge in [-0.25, -0.2) is 0 Å². The first kappa shape index (κ1) is 12.1. The Morgan fingerprint density at radius 2 is 1.56 bits per heavy atom. The first-order valence-electron chi connectivity index (χ1n) is 5.47. The molecule has 0 bridgehead atoms. The average Bonchev–Trinajstić information content (AvgIpc) is 3.10. The largest absolute Gasteiger partial charge is 0.312 e. The normalized spacial score (nSPS) is 11.3. The molecule has 0 spiro atoms. The van der Waals surface area contributed by atoms with Crippen LogP contribution in [0.5, 0.6) is 0 Å². The first-order valence-corrected chi connectivity index (χ1v) is 8.11. The van der Waals surface area contributed by atoms with Crippen LogP contribution in [0.4, 0.5) is 0 Å². The Morgan fingerprint density at radius 1 is 0.889 bits per heavy atom. The molecule has 5 heteroatoms. The van der Waals surface area contributed by atoms with E-state index < -0.39 is 6.17 Å². The quantitative estimate of drug-likeness (QED) is 0.713. The molecule has 0 fully saturated rings. The fraction of sp³-hybridized carbons (Fsp3) is 0.0769. The number of hydrogen-bond acceptors (Lipinski definition) is 5. The van der Waals surface area contributed by atoms with E-state index in [1.54, 1.807) is 34.0 Å². The molecule has 0 aliphatic rings. The van der Waals surface area contributed by atoms with E-state index in [4.69, 9.17) is 11.5 Å². The van der Waals surface area contributed by atoms with Crippen molar-refractivity contribution in [3.8, 4) is 20.2 Å². The van der Waals surface area contributed by atoms with E-state index in [0.29, 0.717) is 0 Å². The Hall–Kier alpha value is -0.980. The summed E-state index contributed by atoms with van der Waals surface area (Å²) in [5, 5.41) is 6.25. The lowest BCUT2D eigenvalue weighted by molar-refractivity contribution is 0.780. The Morgan fingerprint density at radius 3 is 2.11 bits per heavy atom. The molecule has 2 nitrogen and oxygen atoms in total. The van der Waals surface area contributed by atoms with Crippen LogP contribution in [0.15, 0.2) is 40.4 Å². The van der Waals surface area contributed by atoms with Crippen LogP contribution in [0.25, 0.3) is 20.2 Å². The highest BCUT2D eigenvalue weighted by molar-refractivity contribution is 7.21. The highest BCUT2D eigenvalue weighted by atomic mass is 32.1. The van der Waals surface area contributed by atoms with Crippen molar-refractivity contribution in [2.75, 3.05) is 0 Å². The van der Waals surface area contributed by atoms with Gasteiger partial charge in [-0.2, -0.15) is 0 Å². The number of thiophene rings is 3. The number of rotatable bonds is 3. The molecule has 0 aliphatic heterocycles. The van der Waals surface area contributed by atoms with E-state index in [1.165, 1.54) is 20.2 Å². The molecule has 3 aromatic heterocycles. The Bertz CT molecular complexity index is 621. The van der Waals surface area contributed by atoms with Gasteiger partial charge in [0.25, 0.3) is 0 Å². The molecule has 4 N–H and O–H groups in total. The second kappa shape index (κ2) is 4.95. The molecule has 3 rings (SSSR count). The summed E-state index contributed by atoms with van der Waals surface area (Å²) in [5.41, 5.74) is 14.0. The zero-order valence-corrected chi connectivity index (χ0v) is 11.9. The van der Waals surface area contributed by atoms with Gasteiger partial charge in [0.05, 0.1) is 11.0 Å². The second-order valence-corrected chi connectivity index (χ2v) is 6.65. The topological polar surface area (TPSA) is 52.0 Å². The molecular weight excluding hydrogens is 280 g/mol. The molecule has 0 unspecified atom stereocenters. The minimum atomic E-state index is -0.424. The van der Waals surface area contributed by atoms with Gasteiger partial charge in [0.1, 0.15) is 0 Å². The second-order valence-electron chi connectivity index (χ2n) is 3.88. The van der Waals surface area contributed by atoms with E-state index >= 15 is 0 Å². The third-order valence-corrected chi connectivity index (χ3v) is 5.63. The summed E-state index contributed by atoms with van der Waals surface area (Å²) in [5.74, 6) is 0. The average molecular weight is 292 g/mol. The van der Waals surface area contributed by atoms with Crippen molar-refractivity contribution in [3.05, 3.63) is 46.0 Å². The molecule has 3 aromatic rings. The van der Waals surface area contributed by atoms with Gasteiger partial charge in [-0.15, -0.1) is 34.0 Å². The lowest BCUT2D eigenvalue weighted by atomic mass is 10.1. The molecule has 3 heterocycles. The predicted molar refractivity (Wildman–Crippen MR) is 82.1 cm³/mol. The van der Waals surface area contributed by atoms with Crippen molar-refractivity contribution >= 4 is 34.0 Å². The summed E-state index contributed by atoms with van der Waals surface area (Å²) in [7, 11) is 0. The van der Waals surface area contributed by atoms with Gasteiger partial charge in [-0.3, -0.25) is 0 Å². The van der Waals surface area contributed by atoms with E-state index in [9.17, 15) is 0 Å². The standard InChI is InChI=1S/C13H12N2S3/c14-13(15)8-7-18-12(10-4-2-6-17-10)11(8)9-3-1-5-16-9/h1-7,13H,14-15H2. The van der Waals surface area contributed by atoms with E-state index in [2.05, 4.69) is 40.4 Å². The minimum Gasteiger partial charge on any atom is -0.312 e. The van der Waals surface area contributed by atoms with Crippen LogP contribution in [0, 0.1) is 0 Å². The Labute approximate surface area is 118 Å². The predicted octanol–water partition coefficient (Wildman–Crippen LogP) is 4.12. The van der Waals surface area contributed by atoms with Gasteiger partial charge in [-0.05, 0) is 28.3 Å². The summed E-state index contributed by atoms with van der Waals surface area (Å²) in [6.07, 6.45) is -0.424. The van der Waals surface area contributed by atoms with Crippen LogP contribution in [-0.2, 0) is 0 Å². The number of nitrogens with two attached hydrogens (primary N) is 2. The smallest absolute Gasteiger partial charge is 0.0799 e. The first-order chi connectivity index (χ1) is 8.77. The van der Waals surface area contributed by atoms with Gasteiger partial charge < -0.3 is 11.5 Å². The van der Waals surface area contributed by atoms with E-state index in [1.807, 2.05) is 0 Å². The lowest BCUT2D eigenvalue weighted by Crippen LogP contribution is -2.19. The maximum Gasteiger partial charge on any atom is 0.0799 e. The van der Waals surface area contributed by atoms with Gasteiger partial charge in [0.2, 0.25) is 0 Å². The summed E-state index contributed by atoms with van der Waals surface area (Å²) in [6, 6.07) is 8.39. The van der Waals surface area contributed by atoms with Gasteiger partial charge in [0, 0.05) is 20.9 Å². The van der Waals surface area contributed by atoms with Crippen LogP contribution in [0.2, 0.25) is 0 Å². The maximum atomic E-state index is 5.88. The third-order valence-electron chi connectivity index (χ3n) is 2.69. The monoisotopic (exact) mass is 292 g/mol. The van der Waals surface area contributed by atoms with Crippen LogP contribution < -0.4 is 11.5 Å². The zero-order chi connectivity index (χ0) is 12.5. The summed E-state index contributed by atoms with van der Waals surface area (Å²) in [6.45, 7) is 0. The highest BCUT2D eigenvalue weighted by Gasteiger charge is 2.18. The molecule has 92 valence electrons. The maximum absolute atomic E-state index is 5.88. The fourth-order valence-electron chi connectivity index (χ4n) is 1.88. The molecule has 18 heavy (non-hydrogen) atoms. The summed E-state index contributed by atoms with van der Waals surface area (Å²) < 4.78 is 0. The van der Waals surface area contributed by atoms with E-state index in [-0.39, 0.29) is 0 Å². The lowest BCUT2D eigenvalue weighted by Gasteiger charge is -2.08. The molecule has 0 saturated carbocycles. The van der Waals surface area contributed by atoms with Gasteiger partial charge in [0.15, 0.2) is 0 Å². The third kappa shape index (κ3) is 2.04. The molecule has 0 aromatic carbocycles. The fourth-order valence-corrected chi connectivity index (χ4v) is 4.75. The van der Waals surface area contributed by atoms with Crippen LogP contribution >= 0.6 is 34.0 Å². The SMILES string of the molecule is NC(N)c1csc(-c2cccs2)c1-c1cccs1. The Kier molecular flexibility index (Phi) is 3.32. The van der Waals surface area contributed by atoms with Gasteiger partial charge >= 0.3 is 0 Å². The van der Waals surface area contributed by atoms with Crippen molar-refractivity contribution in [2.24, 2.45) is 11.5 Å². The van der Waals surface area contributed by atoms with Crippen molar-refractivity contribution in [3.63, 3.8) is 0 Å². The van der Waals surface area contributed by atoms with Crippen LogP contribution in [0.3, 0.4) is 0 Å². The summed E-state index contributed by atoms with van der Waals surface area (Å²) in [4.78, 5) is 3.77. The molecule has 0 saturated heterocycles. The highest BCUT2D eigenvalue weighted by Crippen LogP contribution is 2.44. The minimum absolute atomic E-state index is 0.424. The molecule has 0 radical (unpaired) electrons. The van der Waals surface area contributed by atoms with Crippen molar-refractivity contribution in [1.82, 2.24) is 0 Å². The van der Waals surface area contributed by atoms with Crippen molar-refractivity contribution in [2.45, 2.75) is 6.17 Å². The molecule has 0 atom stereocenters. The van der Waals surface area contributed by atoms with E-state index in [0.717, 1.165) is 5.56 Å². The van der Waals surface area contributed by atoms with Crippen molar-refractivity contribution in [1.29, 1.82) is 0 Å². The van der Waals surface area contributed by atoms with Crippen LogP contribution in [-0.4, -0.2) is 0 Å². The summed E-state index contributed by atoms with van der Waals surface area (Å²) >= 11 is 5.19. The molecule has 0 amide bonds. The molecule has 0 aliphatic carbocycles. The van der Waals surface area contributed by atoms with Gasteiger partial charge in [-0.1, -0.05) is 12.1 Å². The van der Waals surface area contributed by atoms with Crippen molar-refractivity contribution < 1.29 is 0 Å². The molecular formula is C13H12N2S3. The number of hydrogen-bond donors (Lipinski definition) is 2.